The van der Waals surface area contributed by atoms with E-state index in [0.717, 1.165) is 0 Å². The van der Waals surface area contributed by atoms with E-state index in [1.807, 2.05) is 0 Å². The lowest BCUT2D eigenvalue weighted by Crippen LogP contribution is -2.34. The van der Waals surface area contributed by atoms with Crippen LogP contribution in [0, 0.1) is 5.92 Å². The predicted molar refractivity (Wildman–Crippen MR) is 61.1 cm³/mol. The van der Waals surface area contributed by atoms with Gasteiger partial charge in [-0.25, -0.2) is 0 Å². The lowest BCUT2D eigenvalue weighted by molar-refractivity contribution is -0.145. The summed E-state index contributed by atoms with van der Waals surface area (Å²) in [6, 6.07) is 1.45. The van der Waals surface area contributed by atoms with Gasteiger partial charge in [-0.2, -0.15) is 5.10 Å². The lowest BCUT2D eigenvalue weighted by Gasteiger charge is -2.19. The molecule has 1 rings (SSSR count). The van der Waals surface area contributed by atoms with Crippen LogP contribution in [0.25, 0.3) is 0 Å². The van der Waals surface area contributed by atoms with Gasteiger partial charge in [0.25, 0.3) is 5.91 Å². The molecule has 0 spiro atoms. The van der Waals surface area contributed by atoms with E-state index in [9.17, 15) is 9.59 Å². The van der Waals surface area contributed by atoms with Crippen LogP contribution in [-0.2, 0) is 9.53 Å². The van der Waals surface area contributed by atoms with Crippen molar-refractivity contribution in [3.05, 3.63) is 11.8 Å². The number of aromatic nitrogens is 2. The lowest BCUT2D eigenvalue weighted by atomic mass is 10.1. The molecular weight excluding hydrogens is 224 g/mol. The van der Waals surface area contributed by atoms with E-state index in [2.05, 4.69) is 14.9 Å². The summed E-state index contributed by atoms with van der Waals surface area (Å²) in [5.41, 5.74) is 5.69. The van der Waals surface area contributed by atoms with Crippen molar-refractivity contribution in [2.75, 3.05) is 26.4 Å². The van der Waals surface area contributed by atoms with Crippen molar-refractivity contribution in [1.82, 2.24) is 15.1 Å². The molecule has 0 fully saturated rings. The van der Waals surface area contributed by atoms with Gasteiger partial charge in [0, 0.05) is 19.7 Å². The summed E-state index contributed by atoms with van der Waals surface area (Å²) in [6.07, 6.45) is 0. The van der Waals surface area contributed by atoms with Gasteiger partial charge in [0.15, 0.2) is 0 Å². The fourth-order valence-corrected chi connectivity index (χ4v) is 1.42. The number of rotatable bonds is 4. The Kier molecular flexibility index (Phi) is 4.08. The van der Waals surface area contributed by atoms with Crippen LogP contribution in [0.2, 0.25) is 0 Å². The van der Waals surface area contributed by atoms with Gasteiger partial charge in [-0.3, -0.25) is 14.7 Å². The number of nitrogens with zero attached hydrogens (tertiary/aromatic N) is 2. The van der Waals surface area contributed by atoms with Crippen molar-refractivity contribution in [2.45, 2.75) is 6.92 Å². The van der Waals surface area contributed by atoms with Gasteiger partial charge < -0.3 is 15.4 Å². The Balaban J connectivity index is 2.62. The summed E-state index contributed by atoms with van der Waals surface area (Å²) in [5.74, 6) is -0.754. The first-order valence-corrected chi connectivity index (χ1v) is 5.10. The number of amides is 1. The van der Waals surface area contributed by atoms with Gasteiger partial charge >= 0.3 is 5.97 Å². The van der Waals surface area contributed by atoms with Crippen LogP contribution < -0.4 is 5.73 Å². The zero-order chi connectivity index (χ0) is 13.0. The molecule has 1 aromatic rings. The summed E-state index contributed by atoms with van der Waals surface area (Å²) >= 11 is 0. The third kappa shape index (κ3) is 3.20. The van der Waals surface area contributed by atoms with Crippen molar-refractivity contribution in [3.8, 4) is 0 Å². The summed E-state index contributed by atoms with van der Waals surface area (Å²) in [7, 11) is 2.91. The summed E-state index contributed by atoms with van der Waals surface area (Å²) < 4.78 is 4.59. The minimum Gasteiger partial charge on any atom is -0.469 e. The Labute approximate surface area is 98.9 Å². The summed E-state index contributed by atoms with van der Waals surface area (Å²) in [5, 5.41) is 6.18. The number of aromatic amines is 1. The molecule has 94 valence electrons. The normalized spacial score (nSPS) is 11.9. The van der Waals surface area contributed by atoms with Crippen LogP contribution in [0.15, 0.2) is 6.07 Å². The molecule has 0 bridgehead atoms. The van der Waals surface area contributed by atoms with E-state index in [1.165, 1.54) is 18.1 Å². The summed E-state index contributed by atoms with van der Waals surface area (Å²) in [6.45, 7) is 1.96. The molecule has 0 aliphatic rings. The number of H-pyrrole nitrogens is 1. The monoisotopic (exact) mass is 240 g/mol. The molecule has 7 nitrogen and oxygen atoms in total. The second kappa shape index (κ2) is 5.33. The van der Waals surface area contributed by atoms with Gasteiger partial charge in [-0.15, -0.1) is 0 Å². The first-order valence-electron chi connectivity index (χ1n) is 5.10. The molecular formula is C10H16N4O3. The van der Waals surface area contributed by atoms with Gasteiger partial charge in [0.2, 0.25) is 0 Å². The minimum atomic E-state index is -0.380. The second-order valence-electron chi connectivity index (χ2n) is 3.82. The molecule has 1 atom stereocenters. The number of carbonyl (C=O) groups is 2. The third-order valence-corrected chi connectivity index (χ3v) is 2.33. The van der Waals surface area contributed by atoms with Crippen molar-refractivity contribution in [3.63, 3.8) is 0 Å². The van der Waals surface area contributed by atoms with E-state index in [4.69, 9.17) is 5.73 Å². The van der Waals surface area contributed by atoms with Gasteiger partial charge in [-0.1, -0.05) is 6.92 Å². The number of hydrogen-bond acceptors (Lipinski definition) is 5. The highest BCUT2D eigenvalue weighted by atomic mass is 16.5. The van der Waals surface area contributed by atoms with Crippen LogP contribution in [0.4, 0.5) is 5.82 Å². The van der Waals surface area contributed by atoms with E-state index in [0.29, 0.717) is 5.69 Å². The molecule has 1 heterocycles. The molecule has 1 amide bonds. The average Bonchev–Trinajstić information content (AvgIpc) is 2.73. The first kappa shape index (κ1) is 13.0. The quantitative estimate of drug-likeness (QED) is 0.714. The van der Waals surface area contributed by atoms with Crippen molar-refractivity contribution in [2.24, 2.45) is 5.92 Å². The number of nitrogens with one attached hydrogen (secondary N) is 1. The highest BCUT2D eigenvalue weighted by molar-refractivity contribution is 5.93. The molecule has 7 heteroatoms. The number of methoxy groups -OCH3 is 1. The Morgan fingerprint density at radius 1 is 1.65 bits per heavy atom. The summed E-state index contributed by atoms with van der Waals surface area (Å²) in [4.78, 5) is 24.5. The maximum absolute atomic E-state index is 11.9. The Morgan fingerprint density at radius 3 is 2.76 bits per heavy atom. The molecule has 0 aromatic carbocycles. The van der Waals surface area contributed by atoms with Gasteiger partial charge in [0.1, 0.15) is 11.5 Å². The standard InChI is InChI=1S/C10H16N4O3/c1-6(10(16)17-3)5-14(2)9(15)7-4-8(11)13-12-7/h4,6H,5H2,1-3H3,(H3,11,12,13). The van der Waals surface area contributed by atoms with E-state index in [1.54, 1.807) is 14.0 Å². The number of nitrogen functional groups attached to an aromatic ring is 1. The third-order valence-electron chi connectivity index (χ3n) is 2.33. The van der Waals surface area contributed by atoms with E-state index < -0.39 is 0 Å². The maximum Gasteiger partial charge on any atom is 0.310 e. The fourth-order valence-electron chi connectivity index (χ4n) is 1.42. The van der Waals surface area contributed by atoms with Crippen LogP contribution in [0.5, 0.6) is 0 Å². The number of ether oxygens (including phenoxy) is 1. The van der Waals surface area contributed by atoms with Crippen LogP contribution in [0.1, 0.15) is 17.4 Å². The molecule has 0 saturated carbocycles. The highest BCUT2D eigenvalue weighted by Gasteiger charge is 2.20. The van der Waals surface area contributed by atoms with E-state index in [-0.39, 0.29) is 30.2 Å². The predicted octanol–water partition coefficient (Wildman–Crippen LogP) is -0.127. The highest BCUT2D eigenvalue weighted by Crippen LogP contribution is 2.07. The Bertz CT molecular complexity index is 415. The van der Waals surface area contributed by atoms with Crippen molar-refractivity contribution >= 4 is 17.7 Å². The second-order valence-corrected chi connectivity index (χ2v) is 3.82. The molecule has 0 saturated heterocycles. The smallest absolute Gasteiger partial charge is 0.310 e. The number of anilines is 1. The molecule has 0 radical (unpaired) electrons. The zero-order valence-corrected chi connectivity index (χ0v) is 10.1. The van der Waals surface area contributed by atoms with Crippen molar-refractivity contribution < 1.29 is 14.3 Å². The average molecular weight is 240 g/mol. The Morgan fingerprint density at radius 2 is 2.29 bits per heavy atom. The largest absolute Gasteiger partial charge is 0.469 e. The number of hydrogen-bond donors (Lipinski definition) is 2. The van der Waals surface area contributed by atoms with Crippen LogP contribution in [0.3, 0.4) is 0 Å². The van der Waals surface area contributed by atoms with Crippen LogP contribution in [-0.4, -0.2) is 47.7 Å². The fraction of sp³-hybridized carbons (Fsp3) is 0.500. The molecule has 1 aromatic heterocycles. The topological polar surface area (TPSA) is 101 Å². The molecule has 3 N–H and O–H groups in total. The van der Waals surface area contributed by atoms with Gasteiger partial charge in [0.05, 0.1) is 13.0 Å². The van der Waals surface area contributed by atoms with E-state index >= 15 is 0 Å². The minimum absolute atomic E-state index is 0.253. The molecule has 0 aliphatic carbocycles. The molecule has 17 heavy (non-hydrogen) atoms. The van der Waals surface area contributed by atoms with Crippen LogP contribution >= 0.6 is 0 Å². The molecule has 0 aliphatic heterocycles. The first-order chi connectivity index (χ1) is 7.95. The van der Waals surface area contributed by atoms with Gasteiger partial charge in [-0.05, 0) is 0 Å². The number of nitrogens with two attached hydrogens (primary N) is 1. The Hall–Kier alpha value is -2.05. The zero-order valence-electron chi connectivity index (χ0n) is 10.1. The maximum atomic E-state index is 11.9. The SMILES string of the molecule is COC(=O)C(C)CN(C)C(=O)c1cc(N)n[nH]1. The van der Waals surface area contributed by atoms with Crippen molar-refractivity contribution in [1.29, 1.82) is 0 Å². The number of esters is 1. The molecule has 1 unspecified atom stereocenters. The number of carbonyl (C=O) groups excluding carboxylic acids is 2.